The summed E-state index contributed by atoms with van der Waals surface area (Å²) in [5.41, 5.74) is 1.86. The molecule has 1 aliphatic rings. The lowest BCUT2D eigenvalue weighted by molar-refractivity contribution is -0.132. The third-order valence-corrected chi connectivity index (χ3v) is 4.57. The Bertz CT molecular complexity index is 738. The van der Waals surface area contributed by atoms with Crippen molar-refractivity contribution in [2.45, 2.75) is 6.04 Å². The van der Waals surface area contributed by atoms with E-state index < -0.39 is 0 Å². The van der Waals surface area contributed by atoms with Crippen LogP contribution in [-0.4, -0.2) is 44.1 Å². The highest BCUT2D eigenvalue weighted by Crippen LogP contribution is 2.26. The zero-order valence-corrected chi connectivity index (χ0v) is 14.9. The molecule has 6 heteroatoms. The molecule has 0 bridgehead atoms. The van der Waals surface area contributed by atoms with Crippen LogP contribution in [0.5, 0.6) is 5.75 Å². The molecule has 1 amide bonds. The van der Waals surface area contributed by atoms with Crippen molar-refractivity contribution in [2.24, 2.45) is 0 Å². The average Bonchev–Trinajstić information content (AvgIpc) is 2.66. The SMILES string of the molecule is COc1ccccc1NCC(=O)N1CCNCC1c1cccc(Cl)c1. The summed E-state index contributed by atoms with van der Waals surface area (Å²) < 4.78 is 5.31. The number of benzene rings is 2. The molecule has 5 nitrogen and oxygen atoms in total. The minimum atomic E-state index is -0.0144. The maximum atomic E-state index is 12.8. The van der Waals surface area contributed by atoms with Gasteiger partial charge in [-0.2, -0.15) is 0 Å². The predicted octanol–water partition coefficient (Wildman–Crippen LogP) is 2.93. The van der Waals surface area contributed by atoms with Gasteiger partial charge in [0.05, 0.1) is 25.4 Å². The number of piperazine rings is 1. The van der Waals surface area contributed by atoms with Crippen LogP contribution in [0.4, 0.5) is 5.69 Å². The molecule has 1 aliphatic heterocycles. The fourth-order valence-electron chi connectivity index (χ4n) is 3.08. The summed E-state index contributed by atoms with van der Waals surface area (Å²) in [7, 11) is 1.62. The maximum Gasteiger partial charge on any atom is 0.242 e. The molecule has 0 aliphatic carbocycles. The summed E-state index contributed by atoms with van der Waals surface area (Å²) >= 11 is 6.12. The van der Waals surface area contributed by atoms with E-state index in [0.717, 1.165) is 30.1 Å². The first-order valence-corrected chi connectivity index (χ1v) is 8.69. The normalized spacial score (nSPS) is 17.2. The second kappa shape index (κ2) is 8.23. The zero-order valence-electron chi connectivity index (χ0n) is 14.2. The Labute approximate surface area is 152 Å². The number of carbonyl (C=O) groups is 1. The fourth-order valence-corrected chi connectivity index (χ4v) is 3.28. The van der Waals surface area contributed by atoms with Crippen molar-refractivity contribution in [3.63, 3.8) is 0 Å². The molecule has 0 spiro atoms. The number of hydrogen-bond donors (Lipinski definition) is 2. The number of carbonyl (C=O) groups excluding carboxylic acids is 1. The molecule has 2 aromatic rings. The van der Waals surface area contributed by atoms with Crippen molar-refractivity contribution in [1.29, 1.82) is 0 Å². The standard InChI is InChI=1S/C19H22ClN3O2/c1-25-18-8-3-2-7-16(18)22-13-19(24)23-10-9-21-12-17(23)14-5-4-6-15(20)11-14/h2-8,11,17,21-22H,9-10,12-13H2,1H3. The number of anilines is 1. The molecular weight excluding hydrogens is 338 g/mol. The summed E-state index contributed by atoms with van der Waals surface area (Å²) in [6, 6.07) is 15.3. The molecule has 1 atom stereocenters. The van der Waals surface area contributed by atoms with Crippen LogP contribution in [0.15, 0.2) is 48.5 Å². The van der Waals surface area contributed by atoms with Crippen LogP contribution in [0, 0.1) is 0 Å². The van der Waals surface area contributed by atoms with E-state index >= 15 is 0 Å². The van der Waals surface area contributed by atoms with Crippen molar-refractivity contribution in [1.82, 2.24) is 10.2 Å². The number of ether oxygens (including phenoxy) is 1. The minimum Gasteiger partial charge on any atom is -0.495 e. The number of amides is 1. The Morgan fingerprint density at radius 1 is 1.32 bits per heavy atom. The lowest BCUT2D eigenvalue weighted by Gasteiger charge is -2.36. The van der Waals surface area contributed by atoms with E-state index in [1.807, 2.05) is 53.4 Å². The molecule has 2 aromatic carbocycles. The molecule has 3 rings (SSSR count). The van der Waals surface area contributed by atoms with E-state index in [1.54, 1.807) is 7.11 Å². The van der Waals surface area contributed by atoms with Gasteiger partial charge >= 0.3 is 0 Å². The summed E-state index contributed by atoms with van der Waals surface area (Å²) in [6.07, 6.45) is 0. The smallest absolute Gasteiger partial charge is 0.242 e. The molecule has 132 valence electrons. The first kappa shape index (κ1) is 17.6. The van der Waals surface area contributed by atoms with Crippen molar-refractivity contribution in [2.75, 3.05) is 38.6 Å². The highest BCUT2D eigenvalue weighted by Gasteiger charge is 2.27. The van der Waals surface area contributed by atoms with Crippen LogP contribution in [0.25, 0.3) is 0 Å². The summed E-state index contributed by atoms with van der Waals surface area (Å²) in [6.45, 7) is 2.40. The van der Waals surface area contributed by atoms with Crippen molar-refractivity contribution in [3.05, 3.63) is 59.1 Å². The highest BCUT2D eigenvalue weighted by atomic mass is 35.5. The van der Waals surface area contributed by atoms with Gasteiger partial charge in [0.2, 0.25) is 5.91 Å². The van der Waals surface area contributed by atoms with Gasteiger partial charge in [-0.1, -0.05) is 35.9 Å². The highest BCUT2D eigenvalue weighted by molar-refractivity contribution is 6.30. The number of rotatable bonds is 5. The van der Waals surface area contributed by atoms with Crippen LogP contribution >= 0.6 is 11.6 Å². The Balaban J connectivity index is 1.71. The zero-order chi connectivity index (χ0) is 17.6. The monoisotopic (exact) mass is 359 g/mol. The van der Waals surface area contributed by atoms with Gasteiger partial charge in [0, 0.05) is 24.7 Å². The number of nitrogens with one attached hydrogen (secondary N) is 2. The van der Waals surface area contributed by atoms with Gasteiger partial charge in [-0.15, -0.1) is 0 Å². The van der Waals surface area contributed by atoms with E-state index in [2.05, 4.69) is 10.6 Å². The molecule has 0 radical (unpaired) electrons. The Morgan fingerprint density at radius 2 is 2.16 bits per heavy atom. The van der Waals surface area contributed by atoms with Crippen LogP contribution in [-0.2, 0) is 4.79 Å². The Hall–Kier alpha value is -2.24. The molecule has 0 saturated carbocycles. The minimum absolute atomic E-state index is 0.0144. The largest absolute Gasteiger partial charge is 0.495 e. The first-order chi connectivity index (χ1) is 12.2. The third-order valence-electron chi connectivity index (χ3n) is 4.33. The summed E-state index contributed by atoms with van der Waals surface area (Å²) in [4.78, 5) is 14.7. The summed E-state index contributed by atoms with van der Waals surface area (Å²) in [5, 5.41) is 7.22. The summed E-state index contributed by atoms with van der Waals surface area (Å²) in [5.74, 6) is 0.777. The van der Waals surface area contributed by atoms with E-state index in [0.29, 0.717) is 11.6 Å². The second-order valence-electron chi connectivity index (χ2n) is 5.92. The number of nitrogens with zero attached hydrogens (tertiary/aromatic N) is 1. The Morgan fingerprint density at radius 3 is 2.96 bits per heavy atom. The Kier molecular flexibility index (Phi) is 5.79. The van der Waals surface area contributed by atoms with Crippen molar-refractivity contribution >= 4 is 23.2 Å². The van der Waals surface area contributed by atoms with Crippen LogP contribution in [0.1, 0.15) is 11.6 Å². The number of methoxy groups -OCH3 is 1. The van der Waals surface area contributed by atoms with Crippen molar-refractivity contribution in [3.8, 4) is 5.75 Å². The molecule has 1 saturated heterocycles. The number of para-hydroxylation sites is 2. The topological polar surface area (TPSA) is 53.6 Å². The molecular formula is C19H22ClN3O2. The third kappa shape index (κ3) is 4.24. The fraction of sp³-hybridized carbons (Fsp3) is 0.316. The average molecular weight is 360 g/mol. The molecule has 1 fully saturated rings. The number of halogens is 1. The van der Waals surface area contributed by atoms with E-state index in [4.69, 9.17) is 16.3 Å². The van der Waals surface area contributed by atoms with Gasteiger partial charge in [0.1, 0.15) is 5.75 Å². The lowest BCUT2D eigenvalue weighted by atomic mass is 10.0. The lowest BCUT2D eigenvalue weighted by Crippen LogP contribution is -2.50. The van der Waals surface area contributed by atoms with Gasteiger partial charge in [-0.05, 0) is 29.8 Å². The quantitative estimate of drug-likeness (QED) is 0.861. The van der Waals surface area contributed by atoms with Gasteiger partial charge in [-0.3, -0.25) is 4.79 Å². The van der Waals surface area contributed by atoms with Crippen LogP contribution in [0.3, 0.4) is 0 Å². The molecule has 0 aromatic heterocycles. The van der Waals surface area contributed by atoms with Crippen LogP contribution < -0.4 is 15.4 Å². The molecule has 1 unspecified atom stereocenters. The van der Waals surface area contributed by atoms with Crippen molar-refractivity contribution < 1.29 is 9.53 Å². The van der Waals surface area contributed by atoms with E-state index in [-0.39, 0.29) is 18.5 Å². The molecule has 2 N–H and O–H groups in total. The second-order valence-corrected chi connectivity index (χ2v) is 6.35. The predicted molar refractivity (Wildman–Crippen MR) is 100 cm³/mol. The van der Waals surface area contributed by atoms with Gasteiger partial charge in [0.15, 0.2) is 0 Å². The van der Waals surface area contributed by atoms with Gasteiger partial charge in [-0.25, -0.2) is 0 Å². The number of hydrogen-bond acceptors (Lipinski definition) is 4. The maximum absolute atomic E-state index is 12.8. The van der Waals surface area contributed by atoms with Gasteiger partial charge < -0.3 is 20.3 Å². The van der Waals surface area contributed by atoms with Gasteiger partial charge in [0.25, 0.3) is 0 Å². The molecule has 25 heavy (non-hydrogen) atoms. The first-order valence-electron chi connectivity index (χ1n) is 8.31. The van der Waals surface area contributed by atoms with Crippen LogP contribution in [0.2, 0.25) is 5.02 Å². The van der Waals surface area contributed by atoms with E-state index in [1.165, 1.54) is 0 Å². The molecule has 1 heterocycles. The van der Waals surface area contributed by atoms with E-state index in [9.17, 15) is 4.79 Å².